The lowest BCUT2D eigenvalue weighted by molar-refractivity contribution is -0.116. The van der Waals surface area contributed by atoms with Crippen LogP contribution in [-0.4, -0.2) is 26.1 Å². The standard InChI is InChI=1S/C16H13F2N5O/c17-12-4-1-11(2-5-12)3-8-16(24)20-15-9-13(6-7-14(15)18)23-10-19-21-22-23/h1-2,4-7,9-10H,3,8H2,(H,20,24). The fourth-order valence-corrected chi connectivity index (χ4v) is 2.15. The Hall–Kier alpha value is -3.16. The van der Waals surface area contributed by atoms with Crippen molar-refractivity contribution in [2.24, 2.45) is 0 Å². The molecule has 0 aliphatic rings. The van der Waals surface area contributed by atoms with Gasteiger partial charge in [-0.25, -0.2) is 13.5 Å². The number of aryl methyl sites for hydroxylation is 1. The Morgan fingerprint density at radius 3 is 2.62 bits per heavy atom. The molecule has 0 aliphatic heterocycles. The minimum atomic E-state index is -0.554. The number of anilines is 1. The number of tetrazole rings is 1. The number of nitrogens with one attached hydrogen (secondary N) is 1. The van der Waals surface area contributed by atoms with Crippen molar-refractivity contribution in [1.82, 2.24) is 20.2 Å². The zero-order valence-electron chi connectivity index (χ0n) is 12.5. The summed E-state index contributed by atoms with van der Waals surface area (Å²) in [7, 11) is 0. The fraction of sp³-hybridized carbons (Fsp3) is 0.125. The van der Waals surface area contributed by atoms with Crippen LogP contribution in [0.3, 0.4) is 0 Å². The third kappa shape index (κ3) is 3.78. The van der Waals surface area contributed by atoms with Gasteiger partial charge in [0.1, 0.15) is 18.0 Å². The molecule has 24 heavy (non-hydrogen) atoms. The Kier molecular flexibility index (Phi) is 4.55. The van der Waals surface area contributed by atoms with Crippen LogP contribution in [0.5, 0.6) is 0 Å². The van der Waals surface area contributed by atoms with Crippen LogP contribution in [-0.2, 0) is 11.2 Å². The van der Waals surface area contributed by atoms with E-state index in [1.165, 1.54) is 41.3 Å². The van der Waals surface area contributed by atoms with Crippen molar-refractivity contribution in [2.75, 3.05) is 5.32 Å². The lowest BCUT2D eigenvalue weighted by Gasteiger charge is -2.08. The highest BCUT2D eigenvalue weighted by Crippen LogP contribution is 2.18. The molecule has 3 rings (SSSR count). The largest absolute Gasteiger partial charge is 0.324 e. The number of nitrogens with zero attached hydrogens (tertiary/aromatic N) is 4. The van der Waals surface area contributed by atoms with Crippen LogP contribution >= 0.6 is 0 Å². The molecule has 0 saturated heterocycles. The highest BCUT2D eigenvalue weighted by molar-refractivity contribution is 5.91. The van der Waals surface area contributed by atoms with E-state index >= 15 is 0 Å². The molecule has 0 radical (unpaired) electrons. The Morgan fingerprint density at radius 1 is 1.12 bits per heavy atom. The summed E-state index contributed by atoms with van der Waals surface area (Å²) in [6.45, 7) is 0. The Balaban J connectivity index is 1.65. The molecule has 1 heterocycles. The molecule has 0 aliphatic carbocycles. The van der Waals surface area contributed by atoms with Crippen molar-refractivity contribution in [1.29, 1.82) is 0 Å². The van der Waals surface area contributed by atoms with Gasteiger partial charge in [-0.2, -0.15) is 0 Å². The maximum atomic E-state index is 13.9. The Labute approximate surface area is 136 Å². The number of benzene rings is 2. The molecule has 1 aromatic heterocycles. The van der Waals surface area contributed by atoms with Crippen molar-refractivity contribution in [3.05, 3.63) is 66.0 Å². The average molecular weight is 329 g/mol. The first-order valence-electron chi connectivity index (χ1n) is 7.19. The third-order valence-corrected chi connectivity index (χ3v) is 3.39. The van der Waals surface area contributed by atoms with E-state index in [2.05, 4.69) is 20.8 Å². The van der Waals surface area contributed by atoms with E-state index in [9.17, 15) is 13.6 Å². The molecule has 6 nitrogen and oxygen atoms in total. The zero-order chi connectivity index (χ0) is 16.9. The fourth-order valence-electron chi connectivity index (χ4n) is 2.15. The molecule has 0 saturated carbocycles. The van der Waals surface area contributed by atoms with Gasteiger partial charge in [-0.1, -0.05) is 12.1 Å². The van der Waals surface area contributed by atoms with Gasteiger partial charge in [0.2, 0.25) is 5.91 Å². The summed E-state index contributed by atoms with van der Waals surface area (Å²) in [5.41, 5.74) is 1.40. The van der Waals surface area contributed by atoms with Crippen LogP contribution in [0.15, 0.2) is 48.8 Å². The summed E-state index contributed by atoms with van der Waals surface area (Å²) in [5.74, 6) is -1.22. The van der Waals surface area contributed by atoms with Gasteiger partial charge >= 0.3 is 0 Å². The van der Waals surface area contributed by atoms with Gasteiger partial charge in [0.25, 0.3) is 0 Å². The van der Waals surface area contributed by atoms with Gasteiger partial charge in [-0.15, -0.1) is 5.10 Å². The van der Waals surface area contributed by atoms with Gasteiger partial charge in [0.15, 0.2) is 0 Å². The number of halogens is 2. The van der Waals surface area contributed by atoms with Gasteiger partial charge in [0, 0.05) is 6.42 Å². The molecular formula is C16H13F2N5O. The van der Waals surface area contributed by atoms with E-state index in [1.54, 1.807) is 12.1 Å². The number of carbonyl (C=O) groups is 1. The van der Waals surface area contributed by atoms with Crippen molar-refractivity contribution in [3.8, 4) is 5.69 Å². The molecule has 0 spiro atoms. The van der Waals surface area contributed by atoms with E-state index in [1.807, 2.05) is 0 Å². The Morgan fingerprint density at radius 2 is 1.92 bits per heavy atom. The molecule has 0 unspecified atom stereocenters. The summed E-state index contributed by atoms with van der Waals surface area (Å²) in [5, 5.41) is 13.2. The average Bonchev–Trinajstić information content (AvgIpc) is 3.11. The number of rotatable bonds is 5. The lowest BCUT2D eigenvalue weighted by atomic mass is 10.1. The maximum absolute atomic E-state index is 13.9. The molecule has 122 valence electrons. The minimum Gasteiger partial charge on any atom is -0.324 e. The molecule has 2 aromatic carbocycles. The first-order chi connectivity index (χ1) is 11.6. The van der Waals surface area contributed by atoms with E-state index in [-0.39, 0.29) is 23.8 Å². The number of carbonyl (C=O) groups excluding carboxylic acids is 1. The van der Waals surface area contributed by atoms with Gasteiger partial charge in [-0.05, 0) is 52.7 Å². The second kappa shape index (κ2) is 6.95. The predicted molar refractivity (Wildman–Crippen MR) is 82.5 cm³/mol. The highest BCUT2D eigenvalue weighted by atomic mass is 19.1. The van der Waals surface area contributed by atoms with Crippen LogP contribution in [0, 0.1) is 11.6 Å². The van der Waals surface area contributed by atoms with E-state index in [0.717, 1.165) is 5.56 Å². The van der Waals surface area contributed by atoms with E-state index in [4.69, 9.17) is 0 Å². The molecule has 8 heteroatoms. The number of hydrogen-bond acceptors (Lipinski definition) is 4. The number of hydrogen-bond donors (Lipinski definition) is 1. The molecule has 0 atom stereocenters. The topological polar surface area (TPSA) is 72.7 Å². The number of aromatic nitrogens is 4. The lowest BCUT2D eigenvalue weighted by Crippen LogP contribution is -2.14. The summed E-state index contributed by atoms with van der Waals surface area (Å²) < 4.78 is 28.1. The Bertz CT molecular complexity index is 834. The van der Waals surface area contributed by atoms with Crippen LogP contribution in [0.2, 0.25) is 0 Å². The van der Waals surface area contributed by atoms with Crippen molar-refractivity contribution in [2.45, 2.75) is 12.8 Å². The van der Waals surface area contributed by atoms with Gasteiger partial charge < -0.3 is 5.32 Å². The molecule has 1 amide bonds. The smallest absolute Gasteiger partial charge is 0.224 e. The summed E-state index contributed by atoms with van der Waals surface area (Å²) in [6.07, 6.45) is 1.95. The van der Waals surface area contributed by atoms with Crippen LogP contribution in [0.25, 0.3) is 5.69 Å². The van der Waals surface area contributed by atoms with Crippen LogP contribution in [0.1, 0.15) is 12.0 Å². The minimum absolute atomic E-state index is 0.0482. The van der Waals surface area contributed by atoms with Crippen LogP contribution in [0.4, 0.5) is 14.5 Å². The molecule has 0 fully saturated rings. The predicted octanol–water partition coefficient (Wildman–Crippen LogP) is 2.51. The molecule has 0 bridgehead atoms. The highest BCUT2D eigenvalue weighted by Gasteiger charge is 2.10. The summed E-state index contributed by atoms with van der Waals surface area (Å²) in [4.78, 5) is 12.0. The van der Waals surface area contributed by atoms with Gasteiger partial charge in [0.05, 0.1) is 11.4 Å². The molecular weight excluding hydrogens is 316 g/mol. The van der Waals surface area contributed by atoms with Crippen molar-refractivity contribution in [3.63, 3.8) is 0 Å². The molecule has 1 N–H and O–H groups in total. The summed E-state index contributed by atoms with van der Waals surface area (Å²) in [6, 6.07) is 10.1. The monoisotopic (exact) mass is 329 g/mol. The third-order valence-electron chi connectivity index (χ3n) is 3.39. The van der Waals surface area contributed by atoms with E-state index < -0.39 is 5.82 Å². The number of amides is 1. The normalized spacial score (nSPS) is 10.6. The maximum Gasteiger partial charge on any atom is 0.224 e. The first-order valence-corrected chi connectivity index (χ1v) is 7.19. The van der Waals surface area contributed by atoms with Crippen molar-refractivity contribution >= 4 is 11.6 Å². The first kappa shape index (κ1) is 15.7. The van der Waals surface area contributed by atoms with Crippen LogP contribution < -0.4 is 5.32 Å². The van der Waals surface area contributed by atoms with E-state index in [0.29, 0.717) is 12.1 Å². The van der Waals surface area contributed by atoms with Gasteiger partial charge in [-0.3, -0.25) is 4.79 Å². The SMILES string of the molecule is O=C(CCc1ccc(F)cc1)Nc1cc(-n2cnnn2)ccc1F. The quantitative estimate of drug-likeness (QED) is 0.781. The summed E-state index contributed by atoms with van der Waals surface area (Å²) >= 11 is 0. The second-order valence-corrected chi connectivity index (χ2v) is 5.09. The zero-order valence-corrected chi connectivity index (χ0v) is 12.5. The van der Waals surface area contributed by atoms with Crippen molar-refractivity contribution < 1.29 is 13.6 Å². The molecule has 3 aromatic rings. The second-order valence-electron chi connectivity index (χ2n) is 5.09.